The van der Waals surface area contributed by atoms with Gasteiger partial charge in [0.25, 0.3) is 0 Å². The molecule has 1 aromatic carbocycles. The van der Waals surface area contributed by atoms with E-state index >= 15 is 0 Å². The maximum absolute atomic E-state index is 9.15. The molecule has 2 rings (SSSR count). The van der Waals surface area contributed by atoms with Crippen molar-refractivity contribution in [2.45, 2.75) is 25.9 Å². The van der Waals surface area contributed by atoms with Crippen LogP contribution in [0.2, 0.25) is 0 Å². The van der Waals surface area contributed by atoms with Crippen LogP contribution in [0.5, 0.6) is 0 Å². The highest BCUT2D eigenvalue weighted by atomic mass is 16.3. The molecule has 3 nitrogen and oxygen atoms in total. The van der Waals surface area contributed by atoms with Crippen LogP contribution in [-0.2, 0) is 0 Å². The highest BCUT2D eigenvalue weighted by molar-refractivity contribution is 5.66. The molecule has 0 heterocycles. The summed E-state index contributed by atoms with van der Waals surface area (Å²) in [6.45, 7) is 2.94. The molecule has 0 radical (unpaired) electrons. The molecule has 4 N–H and O–H groups in total. The standard InChI is InChI=1S/C12H18N2O/c1-8-2-3-12(11(13)4-8)14-7-9-5-10(15)6-9/h2-4,9-10,14-15H,5-7,13H2,1H3. The summed E-state index contributed by atoms with van der Waals surface area (Å²) in [7, 11) is 0. The number of nitrogens with one attached hydrogen (secondary N) is 1. The number of aryl methyl sites for hydroxylation is 1. The van der Waals surface area contributed by atoms with E-state index in [0.29, 0.717) is 5.92 Å². The van der Waals surface area contributed by atoms with Crippen molar-refractivity contribution in [3.8, 4) is 0 Å². The van der Waals surface area contributed by atoms with Gasteiger partial charge < -0.3 is 16.2 Å². The summed E-state index contributed by atoms with van der Waals surface area (Å²) in [6.07, 6.45) is 1.75. The van der Waals surface area contributed by atoms with Gasteiger partial charge in [0, 0.05) is 6.54 Å². The Labute approximate surface area is 90.3 Å². The molecular weight excluding hydrogens is 188 g/mol. The molecule has 15 heavy (non-hydrogen) atoms. The number of hydrogen-bond donors (Lipinski definition) is 3. The third kappa shape index (κ3) is 2.42. The molecule has 0 amide bonds. The molecule has 1 fully saturated rings. The summed E-state index contributed by atoms with van der Waals surface area (Å²) in [4.78, 5) is 0. The first-order chi connectivity index (χ1) is 7.15. The Kier molecular flexibility index (Phi) is 2.82. The molecule has 82 valence electrons. The van der Waals surface area contributed by atoms with Gasteiger partial charge in [0.1, 0.15) is 0 Å². The number of benzene rings is 1. The Morgan fingerprint density at radius 2 is 2.20 bits per heavy atom. The van der Waals surface area contributed by atoms with Crippen LogP contribution < -0.4 is 11.1 Å². The summed E-state index contributed by atoms with van der Waals surface area (Å²) in [5.74, 6) is 0.598. The molecule has 0 unspecified atom stereocenters. The third-order valence-electron chi connectivity index (χ3n) is 3.00. The minimum Gasteiger partial charge on any atom is -0.397 e. The van der Waals surface area contributed by atoms with Crippen molar-refractivity contribution >= 4 is 11.4 Å². The number of anilines is 2. The van der Waals surface area contributed by atoms with E-state index in [1.165, 1.54) is 5.56 Å². The van der Waals surface area contributed by atoms with E-state index in [1.807, 2.05) is 25.1 Å². The largest absolute Gasteiger partial charge is 0.397 e. The smallest absolute Gasteiger partial charge is 0.0574 e. The van der Waals surface area contributed by atoms with Crippen LogP contribution >= 0.6 is 0 Å². The Morgan fingerprint density at radius 1 is 1.47 bits per heavy atom. The summed E-state index contributed by atoms with van der Waals surface area (Å²) < 4.78 is 0. The van der Waals surface area contributed by atoms with Crippen molar-refractivity contribution in [1.29, 1.82) is 0 Å². The maximum Gasteiger partial charge on any atom is 0.0574 e. The average Bonchev–Trinajstić information content (AvgIpc) is 2.13. The highest BCUT2D eigenvalue weighted by Gasteiger charge is 2.26. The van der Waals surface area contributed by atoms with Crippen molar-refractivity contribution in [2.75, 3.05) is 17.6 Å². The van der Waals surface area contributed by atoms with Crippen molar-refractivity contribution < 1.29 is 5.11 Å². The van der Waals surface area contributed by atoms with Gasteiger partial charge in [-0.05, 0) is 43.4 Å². The number of nitrogen functional groups attached to an aromatic ring is 1. The summed E-state index contributed by atoms with van der Waals surface area (Å²) in [5, 5.41) is 12.5. The predicted octanol–water partition coefficient (Wildman–Crippen LogP) is 1.76. The van der Waals surface area contributed by atoms with E-state index in [2.05, 4.69) is 5.32 Å². The fraction of sp³-hybridized carbons (Fsp3) is 0.500. The lowest BCUT2D eigenvalue weighted by Crippen LogP contribution is -2.33. The Morgan fingerprint density at radius 3 is 2.80 bits per heavy atom. The monoisotopic (exact) mass is 206 g/mol. The van der Waals surface area contributed by atoms with Gasteiger partial charge in [0.2, 0.25) is 0 Å². The summed E-state index contributed by atoms with van der Waals surface area (Å²) in [6, 6.07) is 6.03. The second-order valence-corrected chi connectivity index (χ2v) is 4.46. The van der Waals surface area contributed by atoms with Crippen LogP contribution in [0.4, 0.5) is 11.4 Å². The quantitative estimate of drug-likeness (QED) is 0.660. The van der Waals surface area contributed by atoms with Crippen LogP contribution in [0.1, 0.15) is 18.4 Å². The number of rotatable bonds is 3. The molecule has 1 aliphatic carbocycles. The lowest BCUT2D eigenvalue weighted by Gasteiger charge is -2.31. The second kappa shape index (κ2) is 4.11. The fourth-order valence-corrected chi connectivity index (χ4v) is 1.96. The molecule has 1 aromatic rings. The van der Waals surface area contributed by atoms with E-state index in [-0.39, 0.29) is 6.10 Å². The van der Waals surface area contributed by atoms with Crippen LogP contribution in [0.25, 0.3) is 0 Å². The van der Waals surface area contributed by atoms with Crippen molar-refractivity contribution in [3.63, 3.8) is 0 Å². The summed E-state index contributed by atoms with van der Waals surface area (Å²) in [5.41, 5.74) is 8.86. The van der Waals surface area contributed by atoms with Gasteiger partial charge in [-0.2, -0.15) is 0 Å². The lowest BCUT2D eigenvalue weighted by atomic mass is 9.82. The first-order valence-corrected chi connectivity index (χ1v) is 5.43. The van der Waals surface area contributed by atoms with E-state index in [4.69, 9.17) is 10.8 Å². The maximum atomic E-state index is 9.15. The number of aliphatic hydroxyl groups is 1. The average molecular weight is 206 g/mol. The SMILES string of the molecule is Cc1ccc(NCC2CC(O)C2)c(N)c1. The van der Waals surface area contributed by atoms with Gasteiger partial charge in [-0.25, -0.2) is 0 Å². The highest BCUT2D eigenvalue weighted by Crippen LogP contribution is 2.28. The van der Waals surface area contributed by atoms with Crippen LogP contribution in [0.3, 0.4) is 0 Å². The number of nitrogens with two attached hydrogens (primary N) is 1. The zero-order chi connectivity index (χ0) is 10.8. The lowest BCUT2D eigenvalue weighted by molar-refractivity contribution is 0.0487. The van der Waals surface area contributed by atoms with E-state index in [1.54, 1.807) is 0 Å². The van der Waals surface area contributed by atoms with Gasteiger partial charge in [-0.3, -0.25) is 0 Å². The van der Waals surface area contributed by atoms with E-state index in [9.17, 15) is 0 Å². The minimum atomic E-state index is -0.0767. The van der Waals surface area contributed by atoms with Crippen LogP contribution in [0, 0.1) is 12.8 Å². The first kappa shape index (κ1) is 10.3. The molecule has 3 heteroatoms. The third-order valence-corrected chi connectivity index (χ3v) is 3.00. The Hall–Kier alpha value is -1.22. The van der Waals surface area contributed by atoms with Gasteiger partial charge in [0.15, 0.2) is 0 Å². The van der Waals surface area contributed by atoms with Crippen molar-refractivity contribution in [3.05, 3.63) is 23.8 Å². The molecule has 0 aromatic heterocycles. The minimum absolute atomic E-state index is 0.0767. The molecule has 0 atom stereocenters. The van der Waals surface area contributed by atoms with Crippen LogP contribution in [-0.4, -0.2) is 17.8 Å². The summed E-state index contributed by atoms with van der Waals surface area (Å²) >= 11 is 0. The van der Waals surface area contributed by atoms with Gasteiger partial charge >= 0.3 is 0 Å². The molecule has 0 spiro atoms. The van der Waals surface area contributed by atoms with E-state index < -0.39 is 0 Å². The second-order valence-electron chi connectivity index (χ2n) is 4.46. The zero-order valence-electron chi connectivity index (χ0n) is 9.03. The topological polar surface area (TPSA) is 58.3 Å². The van der Waals surface area contributed by atoms with Gasteiger partial charge in [-0.15, -0.1) is 0 Å². The zero-order valence-corrected chi connectivity index (χ0v) is 9.03. The van der Waals surface area contributed by atoms with Crippen molar-refractivity contribution in [2.24, 2.45) is 5.92 Å². The van der Waals surface area contributed by atoms with Crippen molar-refractivity contribution in [1.82, 2.24) is 0 Å². The molecule has 1 aliphatic rings. The van der Waals surface area contributed by atoms with Crippen LogP contribution in [0.15, 0.2) is 18.2 Å². The van der Waals surface area contributed by atoms with Gasteiger partial charge in [-0.1, -0.05) is 6.07 Å². The van der Waals surface area contributed by atoms with Gasteiger partial charge in [0.05, 0.1) is 17.5 Å². The molecular formula is C12H18N2O. The molecule has 0 saturated heterocycles. The normalized spacial score (nSPS) is 24.7. The number of hydrogen-bond acceptors (Lipinski definition) is 3. The fourth-order valence-electron chi connectivity index (χ4n) is 1.96. The Bertz CT molecular complexity index is 345. The number of aliphatic hydroxyl groups excluding tert-OH is 1. The molecule has 0 bridgehead atoms. The molecule has 1 saturated carbocycles. The molecule has 0 aliphatic heterocycles. The first-order valence-electron chi connectivity index (χ1n) is 5.43. The predicted molar refractivity (Wildman–Crippen MR) is 62.8 cm³/mol. The van der Waals surface area contributed by atoms with E-state index in [0.717, 1.165) is 30.8 Å². The Balaban J connectivity index is 1.88.